The second-order valence-electron chi connectivity index (χ2n) is 8.41. The molecule has 0 unspecified atom stereocenters. The van der Waals surface area contributed by atoms with Crippen molar-refractivity contribution in [2.75, 3.05) is 39.4 Å². The Kier molecular flexibility index (Phi) is 7.06. The third-order valence-electron chi connectivity index (χ3n) is 6.36. The first kappa shape index (κ1) is 22.5. The molecule has 2 atom stereocenters. The standard InChI is InChI=1S/C25H28BrN5OS/c26-19-7-9-20(10-8-19)30-13-3-6-22(30)24-23(21-5-1-2-11-27-21)28-25(33)31(24)14-4-12-29-15-17-32-18-16-29/h1-3,5-11,13,23-24H,4,12,14-18H2,(H,28,33)/t23-,24+/m0/s1. The predicted octanol–water partition coefficient (Wildman–Crippen LogP) is 4.33. The highest BCUT2D eigenvalue weighted by Crippen LogP contribution is 2.39. The van der Waals surface area contributed by atoms with E-state index in [0.29, 0.717) is 0 Å². The van der Waals surface area contributed by atoms with Crippen LogP contribution in [-0.2, 0) is 4.74 Å². The lowest BCUT2D eigenvalue weighted by atomic mass is 10.0. The molecule has 2 aliphatic heterocycles. The Morgan fingerprint density at radius 1 is 1.03 bits per heavy atom. The highest BCUT2D eigenvalue weighted by atomic mass is 79.9. The number of rotatable bonds is 7. The number of hydrogen-bond donors (Lipinski definition) is 1. The van der Waals surface area contributed by atoms with Crippen molar-refractivity contribution in [2.24, 2.45) is 0 Å². The van der Waals surface area contributed by atoms with E-state index in [1.54, 1.807) is 0 Å². The molecule has 8 heteroatoms. The summed E-state index contributed by atoms with van der Waals surface area (Å²) in [6.45, 7) is 5.62. The molecule has 4 heterocycles. The summed E-state index contributed by atoms with van der Waals surface area (Å²) >= 11 is 9.40. The van der Waals surface area contributed by atoms with Crippen LogP contribution in [0.3, 0.4) is 0 Å². The zero-order chi connectivity index (χ0) is 22.6. The first-order valence-electron chi connectivity index (χ1n) is 11.4. The summed E-state index contributed by atoms with van der Waals surface area (Å²) in [5, 5.41) is 4.37. The van der Waals surface area contributed by atoms with Gasteiger partial charge in [0.1, 0.15) is 0 Å². The number of thiocarbonyl (C=S) groups is 1. The van der Waals surface area contributed by atoms with Crippen molar-refractivity contribution >= 4 is 33.3 Å². The monoisotopic (exact) mass is 525 g/mol. The van der Waals surface area contributed by atoms with E-state index in [1.165, 1.54) is 5.69 Å². The van der Waals surface area contributed by atoms with Crippen molar-refractivity contribution in [2.45, 2.75) is 18.5 Å². The fourth-order valence-electron chi connectivity index (χ4n) is 4.73. The number of nitrogens with one attached hydrogen (secondary N) is 1. The Hall–Kier alpha value is -2.26. The lowest BCUT2D eigenvalue weighted by Crippen LogP contribution is -2.39. The molecule has 2 saturated heterocycles. The summed E-state index contributed by atoms with van der Waals surface area (Å²) in [6, 6.07) is 18.8. The summed E-state index contributed by atoms with van der Waals surface area (Å²) in [4.78, 5) is 9.50. The maximum Gasteiger partial charge on any atom is 0.170 e. The largest absolute Gasteiger partial charge is 0.379 e. The molecular weight excluding hydrogens is 498 g/mol. The SMILES string of the molecule is S=C1N[C@@H](c2ccccn2)[C@@H](c2cccn2-c2ccc(Br)cc2)N1CCCN1CCOCC1. The van der Waals surface area contributed by atoms with Gasteiger partial charge in [0.15, 0.2) is 5.11 Å². The summed E-state index contributed by atoms with van der Waals surface area (Å²) in [5.74, 6) is 0. The molecule has 0 spiro atoms. The van der Waals surface area contributed by atoms with Crippen LogP contribution >= 0.6 is 28.1 Å². The van der Waals surface area contributed by atoms with Crippen molar-refractivity contribution in [3.05, 3.63) is 82.9 Å². The van der Waals surface area contributed by atoms with Gasteiger partial charge in [-0.1, -0.05) is 22.0 Å². The van der Waals surface area contributed by atoms with Gasteiger partial charge in [-0.15, -0.1) is 0 Å². The van der Waals surface area contributed by atoms with E-state index in [2.05, 4.69) is 89.3 Å². The number of hydrogen-bond acceptors (Lipinski definition) is 4. The van der Waals surface area contributed by atoms with Crippen LogP contribution in [-0.4, -0.2) is 63.9 Å². The Labute approximate surface area is 208 Å². The van der Waals surface area contributed by atoms with Crippen LogP contribution in [0.5, 0.6) is 0 Å². The van der Waals surface area contributed by atoms with E-state index in [4.69, 9.17) is 17.0 Å². The Morgan fingerprint density at radius 2 is 1.85 bits per heavy atom. The van der Waals surface area contributed by atoms with Crippen LogP contribution in [0.1, 0.15) is 29.9 Å². The van der Waals surface area contributed by atoms with Crippen molar-refractivity contribution < 1.29 is 4.74 Å². The minimum atomic E-state index is -0.00816. The molecule has 6 nitrogen and oxygen atoms in total. The summed E-state index contributed by atoms with van der Waals surface area (Å²) in [6.07, 6.45) is 5.03. The number of morpholine rings is 1. The average molecular weight is 527 g/mol. The van der Waals surface area contributed by atoms with Gasteiger partial charge in [-0.2, -0.15) is 0 Å². The van der Waals surface area contributed by atoms with E-state index in [9.17, 15) is 0 Å². The molecule has 0 saturated carbocycles. The van der Waals surface area contributed by atoms with Gasteiger partial charge < -0.3 is 19.5 Å². The summed E-state index contributed by atoms with van der Waals surface area (Å²) in [5.41, 5.74) is 3.33. The van der Waals surface area contributed by atoms with Crippen LogP contribution in [0.4, 0.5) is 0 Å². The first-order chi connectivity index (χ1) is 16.2. The highest BCUT2D eigenvalue weighted by molar-refractivity contribution is 9.10. The minimum Gasteiger partial charge on any atom is -0.379 e. The van der Waals surface area contributed by atoms with Gasteiger partial charge in [0.05, 0.1) is 31.0 Å². The van der Waals surface area contributed by atoms with Gasteiger partial charge in [0, 0.05) is 54.4 Å². The number of nitrogens with zero attached hydrogens (tertiary/aromatic N) is 4. The lowest BCUT2D eigenvalue weighted by Gasteiger charge is -2.31. The Morgan fingerprint density at radius 3 is 2.61 bits per heavy atom. The van der Waals surface area contributed by atoms with Gasteiger partial charge >= 0.3 is 0 Å². The second-order valence-corrected chi connectivity index (χ2v) is 9.71. The molecule has 33 heavy (non-hydrogen) atoms. The van der Waals surface area contributed by atoms with Crippen LogP contribution in [0.15, 0.2) is 71.5 Å². The molecule has 0 aliphatic carbocycles. The molecule has 2 fully saturated rings. The van der Waals surface area contributed by atoms with Crippen molar-refractivity contribution in [3.8, 4) is 5.69 Å². The molecule has 5 rings (SSSR count). The molecule has 1 aromatic carbocycles. The molecule has 2 aromatic heterocycles. The van der Waals surface area contributed by atoms with E-state index in [1.807, 2.05) is 18.3 Å². The van der Waals surface area contributed by atoms with Crippen LogP contribution < -0.4 is 5.32 Å². The fraction of sp³-hybridized carbons (Fsp3) is 0.360. The Balaban J connectivity index is 1.44. The zero-order valence-corrected chi connectivity index (χ0v) is 20.8. The quantitative estimate of drug-likeness (QED) is 0.463. The van der Waals surface area contributed by atoms with E-state index in [-0.39, 0.29) is 12.1 Å². The summed E-state index contributed by atoms with van der Waals surface area (Å²) in [7, 11) is 0. The number of aromatic nitrogens is 2. The number of halogens is 1. The summed E-state index contributed by atoms with van der Waals surface area (Å²) < 4.78 is 8.82. The highest BCUT2D eigenvalue weighted by Gasteiger charge is 2.41. The molecule has 1 N–H and O–H groups in total. The van der Waals surface area contributed by atoms with Gasteiger partial charge in [0.2, 0.25) is 0 Å². The smallest absolute Gasteiger partial charge is 0.170 e. The zero-order valence-electron chi connectivity index (χ0n) is 18.4. The molecule has 2 aliphatic rings. The second kappa shape index (κ2) is 10.3. The molecule has 0 bridgehead atoms. The topological polar surface area (TPSA) is 45.6 Å². The molecule has 0 amide bonds. The third-order valence-corrected chi connectivity index (χ3v) is 7.24. The van der Waals surface area contributed by atoms with Crippen LogP contribution in [0.2, 0.25) is 0 Å². The molecule has 0 radical (unpaired) electrons. The normalized spacial score (nSPS) is 21.4. The van der Waals surface area contributed by atoms with Gasteiger partial charge in [0.25, 0.3) is 0 Å². The van der Waals surface area contributed by atoms with Gasteiger partial charge in [-0.05, 0) is 67.2 Å². The number of pyridine rings is 1. The maximum atomic E-state index is 5.85. The van der Waals surface area contributed by atoms with Crippen molar-refractivity contribution in [1.82, 2.24) is 24.7 Å². The van der Waals surface area contributed by atoms with E-state index < -0.39 is 0 Å². The minimum absolute atomic E-state index is 0.00816. The fourth-order valence-corrected chi connectivity index (χ4v) is 5.33. The number of benzene rings is 1. The van der Waals surface area contributed by atoms with E-state index in [0.717, 1.165) is 66.8 Å². The van der Waals surface area contributed by atoms with E-state index >= 15 is 0 Å². The lowest BCUT2D eigenvalue weighted by molar-refractivity contribution is 0.0365. The van der Waals surface area contributed by atoms with Crippen molar-refractivity contribution in [3.63, 3.8) is 0 Å². The van der Waals surface area contributed by atoms with Gasteiger partial charge in [-0.25, -0.2) is 0 Å². The van der Waals surface area contributed by atoms with Crippen molar-refractivity contribution in [1.29, 1.82) is 0 Å². The molecular formula is C25H28BrN5OS. The van der Waals surface area contributed by atoms with Crippen LogP contribution in [0.25, 0.3) is 5.69 Å². The molecule has 172 valence electrons. The predicted molar refractivity (Wildman–Crippen MR) is 138 cm³/mol. The average Bonchev–Trinajstić information content (AvgIpc) is 3.45. The Bertz CT molecular complexity index is 1070. The maximum absolute atomic E-state index is 5.85. The molecule has 3 aromatic rings. The number of ether oxygens (including phenoxy) is 1. The first-order valence-corrected chi connectivity index (χ1v) is 12.6. The van der Waals surface area contributed by atoms with Gasteiger partial charge in [-0.3, -0.25) is 9.88 Å². The third kappa shape index (κ3) is 4.99. The van der Waals surface area contributed by atoms with Crippen LogP contribution in [0, 0.1) is 0 Å².